The zero-order chi connectivity index (χ0) is 24.6. The number of benzene rings is 2. The van der Waals surface area contributed by atoms with Crippen LogP contribution in [0.15, 0.2) is 53.6 Å². The molecule has 186 valence electrons. The maximum Gasteiger partial charge on any atom is 0.222 e. The van der Waals surface area contributed by atoms with Crippen molar-refractivity contribution in [2.45, 2.75) is 78.1 Å². The molecule has 1 amide bonds. The molecule has 0 saturated heterocycles. The minimum atomic E-state index is -0.296. The molecule has 0 aliphatic carbocycles. The van der Waals surface area contributed by atoms with Crippen molar-refractivity contribution in [3.05, 3.63) is 64.9 Å². The second kappa shape index (κ2) is 16.3. The molecule has 1 N–H and O–H groups in total. The van der Waals surface area contributed by atoms with Crippen molar-refractivity contribution >= 4 is 28.9 Å². The van der Waals surface area contributed by atoms with Gasteiger partial charge in [-0.2, -0.15) is 5.10 Å². The number of unbranched alkanes of at least 4 members (excludes halogenated alkanes) is 6. The van der Waals surface area contributed by atoms with Crippen LogP contribution in [0.4, 0.5) is 10.1 Å². The third-order valence-corrected chi connectivity index (χ3v) is 6.09. The fourth-order valence-electron chi connectivity index (χ4n) is 3.77. The van der Waals surface area contributed by atoms with E-state index in [0.29, 0.717) is 17.9 Å². The SMILES string of the molecule is CCCCCCN(CCCCCC)C(=O)CC/C(=N/Nc1ccc(Cl)cc1)c1ccc(F)cc1. The van der Waals surface area contributed by atoms with Crippen LogP contribution in [0.5, 0.6) is 0 Å². The van der Waals surface area contributed by atoms with Crippen LogP contribution in [0.1, 0.15) is 83.6 Å². The molecule has 0 aliphatic rings. The van der Waals surface area contributed by atoms with Gasteiger partial charge in [0.25, 0.3) is 0 Å². The number of nitrogens with zero attached hydrogens (tertiary/aromatic N) is 2. The quantitative estimate of drug-likeness (QED) is 0.148. The molecule has 0 bridgehead atoms. The Hall–Kier alpha value is -2.40. The molecule has 2 rings (SSSR count). The molecule has 0 radical (unpaired) electrons. The summed E-state index contributed by atoms with van der Waals surface area (Å²) in [6.07, 6.45) is 10.0. The topological polar surface area (TPSA) is 44.7 Å². The molecular formula is C28H39ClFN3O. The predicted octanol–water partition coefficient (Wildman–Crippen LogP) is 8.06. The fourth-order valence-corrected chi connectivity index (χ4v) is 3.89. The number of carbonyl (C=O) groups excluding carboxylic acids is 1. The molecule has 0 aliphatic heterocycles. The molecule has 0 fully saturated rings. The van der Waals surface area contributed by atoms with Crippen molar-refractivity contribution in [3.8, 4) is 0 Å². The molecule has 0 unspecified atom stereocenters. The van der Waals surface area contributed by atoms with Gasteiger partial charge in [0.05, 0.1) is 11.4 Å². The molecule has 6 heteroatoms. The molecule has 2 aromatic carbocycles. The first-order chi connectivity index (χ1) is 16.5. The fraction of sp³-hybridized carbons (Fsp3) is 0.500. The van der Waals surface area contributed by atoms with E-state index in [2.05, 4.69) is 24.4 Å². The van der Waals surface area contributed by atoms with Gasteiger partial charge in [-0.3, -0.25) is 10.2 Å². The van der Waals surface area contributed by atoms with Gasteiger partial charge in [0.2, 0.25) is 5.91 Å². The second-order valence-corrected chi connectivity index (χ2v) is 9.12. The van der Waals surface area contributed by atoms with E-state index in [1.54, 1.807) is 24.3 Å². The van der Waals surface area contributed by atoms with E-state index in [-0.39, 0.29) is 11.7 Å². The van der Waals surface area contributed by atoms with Gasteiger partial charge in [-0.25, -0.2) is 4.39 Å². The third-order valence-electron chi connectivity index (χ3n) is 5.83. The first kappa shape index (κ1) is 27.8. The Kier molecular flexibility index (Phi) is 13.3. The minimum Gasteiger partial charge on any atom is -0.343 e. The van der Waals surface area contributed by atoms with Gasteiger partial charge < -0.3 is 4.90 Å². The maximum absolute atomic E-state index is 13.5. The Balaban J connectivity index is 2.06. The van der Waals surface area contributed by atoms with Gasteiger partial charge in [0.15, 0.2) is 0 Å². The van der Waals surface area contributed by atoms with Crippen molar-refractivity contribution in [2.24, 2.45) is 5.10 Å². The molecule has 0 saturated carbocycles. The van der Waals surface area contributed by atoms with Crippen LogP contribution in [-0.2, 0) is 4.79 Å². The van der Waals surface area contributed by atoms with Crippen molar-refractivity contribution in [1.29, 1.82) is 0 Å². The van der Waals surface area contributed by atoms with Crippen LogP contribution in [0.3, 0.4) is 0 Å². The lowest BCUT2D eigenvalue weighted by Crippen LogP contribution is -2.33. The third kappa shape index (κ3) is 10.7. The first-order valence-electron chi connectivity index (χ1n) is 12.6. The molecular weight excluding hydrogens is 449 g/mol. The Labute approximate surface area is 209 Å². The molecule has 4 nitrogen and oxygen atoms in total. The molecule has 0 atom stereocenters. The predicted molar refractivity (Wildman–Crippen MR) is 142 cm³/mol. The van der Waals surface area contributed by atoms with E-state index in [1.807, 2.05) is 17.0 Å². The lowest BCUT2D eigenvalue weighted by molar-refractivity contribution is -0.131. The summed E-state index contributed by atoms with van der Waals surface area (Å²) < 4.78 is 13.5. The van der Waals surface area contributed by atoms with Gasteiger partial charge >= 0.3 is 0 Å². The lowest BCUT2D eigenvalue weighted by atomic mass is 10.0. The Bertz CT molecular complexity index is 856. The number of amides is 1. The van der Waals surface area contributed by atoms with E-state index in [9.17, 15) is 9.18 Å². The van der Waals surface area contributed by atoms with Crippen LogP contribution in [0.25, 0.3) is 0 Å². The zero-order valence-corrected chi connectivity index (χ0v) is 21.4. The Morgan fingerprint density at radius 2 is 1.44 bits per heavy atom. The first-order valence-corrected chi connectivity index (χ1v) is 13.0. The molecule has 34 heavy (non-hydrogen) atoms. The Morgan fingerprint density at radius 3 is 2.00 bits per heavy atom. The van der Waals surface area contributed by atoms with Crippen LogP contribution < -0.4 is 5.43 Å². The zero-order valence-electron chi connectivity index (χ0n) is 20.7. The second-order valence-electron chi connectivity index (χ2n) is 8.69. The van der Waals surface area contributed by atoms with E-state index in [4.69, 9.17) is 11.6 Å². The van der Waals surface area contributed by atoms with Crippen molar-refractivity contribution < 1.29 is 9.18 Å². The number of halogens is 2. The van der Waals surface area contributed by atoms with Crippen LogP contribution in [0.2, 0.25) is 5.02 Å². The highest BCUT2D eigenvalue weighted by molar-refractivity contribution is 6.30. The summed E-state index contributed by atoms with van der Waals surface area (Å²) in [4.78, 5) is 15.2. The van der Waals surface area contributed by atoms with Gasteiger partial charge in [-0.15, -0.1) is 0 Å². The number of hydrogen-bond donors (Lipinski definition) is 1. The highest BCUT2D eigenvalue weighted by Crippen LogP contribution is 2.16. The highest BCUT2D eigenvalue weighted by atomic mass is 35.5. The number of nitrogens with one attached hydrogen (secondary N) is 1. The van der Waals surface area contributed by atoms with E-state index >= 15 is 0 Å². The summed E-state index contributed by atoms with van der Waals surface area (Å²) in [5, 5.41) is 5.21. The van der Waals surface area contributed by atoms with Gasteiger partial charge in [0, 0.05) is 31.0 Å². The summed E-state index contributed by atoms with van der Waals surface area (Å²) in [6, 6.07) is 13.5. The minimum absolute atomic E-state index is 0.161. The summed E-state index contributed by atoms with van der Waals surface area (Å²) in [7, 11) is 0. The van der Waals surface area contributed by atoms with Crippen molar-refractivity contribution in [1.82, 2.24) is 4.90 Å². The standard InChI is InChI=1S/C28H39ClFN3O/c1-3-5-7-9-21-33(22-10-8-6-4-2)28(34)20-19-27(23-11-15-25(30)16-12-23)32-31-26-17-13-24(29)14-18-26/h11-18,31H,3-10,19-22H2,1-2H3/b32-27-. The van der Waals surface area contributed by atoms with Gasteiger partial charge in [-0.05, 0) is 54.8 Å². The Morgan fingerprint density at radius 1 is 0.853 bits per heavy atom. The maximum atomic E-state index is 13.5. The number of anilines is 1. The number of hydrazone groups is 1. The number of hydrogen-bond acceptors (Lipinski definition) is 3. The lowest BCUT2D eigenvalue weighted by Gasteiger charge is -2.23. The van der Waals surface area contributed by atoms with Crippen LogP contribution in [0, 0.1) is 5.82 Å². The van der Waals surface area contributed by atoms with Gasteiger partial charge in [0.1, 0.15) is 5.82 Å². The largest absolute Gasteiger partial charge is 0.343 e. The van der Waals surface area contributed by atoms with E-state index in [0.717, 1.165) is 55.7 Å². The van der Waals surface area contributed by atoms with Crippen LogP contribution in [-0.4, -0.2) is 29.6 Å². The summed E-state index contributed by atoms with van der Waals surface area (Å²) in [5.74, 6) is -0.135. The van der Waals surface area contributed by atoms with E-state index in [1.165, 1.54) is 37.8 Å². The normalized spacial score (nSPS) is 11.5. The highest BCUT2D eigenvalue weighted by Gasteiger charge is 2.15. The monoisotopic (exact) mass is 487 g/mol. The van der Waals surface area contributed by atoms with Crippen molar-refractivity contribution in [3.63, 3.8) is 0 Å². The number of rotatable bonds is 16. The molecule has 0 spiro atoms. The summed E-state index contributed by atoms with van der Waals surface area (Å²) >= 11 is 5.97. The molecule has 0 heterocycles. The average Bonchev–Trinajstić information content (AvgIpc) is 2.84. The van der Waals surface area contributed by atoms with E-state index < -0.39 is 0 Å². The van der Waals surface area contributed by atoms with Gasteiger partial charge in [-0.1, -0.05) is 76.1 Å². The average molecular weight is 488 g/mol. The summed E-state index contributed by atoms with van der Waals surface area (Å²) in [6.45, 7) is 6.03. The number of carbonyl (C=O) groups is 1. The summed E-state index contributed by atoms with van der Waals surface area (Å²) in [5.41, 5.74) is 5.36. The molecule has 0 aromatic heterocycles. The van der Waals surface area contributed by atoms with Crippen molar-refractivity contribution in [2.75, 3.05) is 18.5 Å². The smallest absolute Gasteiger partial charge is 0.222 e. The van der Waals surface area contributed by atoms with Crippen LogP contribution >= 0.6 is 11.6 Å². The molecule has 2 aromatic rings.